The topological polar surface area (TPSA) is 21.6 Å². The van der Waals surface area contributed by atoms with Crippen molar-refractivity contribution in [2.75, 3.05) is 19.9 Å². The molecule has 0 bridgehead atoms. The Hall–Kier alpha value is -0.960. The fraction of sp³-hybridized carbons (Fsp3) is 0.364. The Labute approximate surface area is 89.4 Å². The molecule has 2 nitrogen and oxygen atoms in total. The SMILES string of the molecule is CCOc1ccc(C(=NC)SC)cc1. The van der Waals surface area contributed by atoms with Crippen molar-refractivity contribution in [3.63, 3.8) is 0 Å². The van der Waals surface area contributed by atoms with E-state index in [1.165, 1.54) is 0 Å². The van der Waals surface area contributed by atoms with Crippen LogP contribution in [0.4, 0.5) is 0 Å². The molecule has 0 unspecified atom stereocenters. The molecule has 0 atom stereocenters. The summed E-state index contributed by atoms with van der Waals surface area (Å²) in [6.07, 6.45) is 2.03. The summed E-state index contributed by atoms with van der Waals surface area (Å²) in [6.45, 7) is 2.69. The number of hydrogen-bond donors (Lipinski definition) is 0. The molecule has 1 aromatic carbocycles. The van der Waals surface area contributed by atoms with E-state index in [0.29, 0.717) is 6.61 Å². The van der Waals surface area contributed by atoms with Crippen LogP contribution in [0, 0.1) is 0 Å². The predicted octanol–water partition coefficient (Wildman–Crippen LogP) is 2.82. The molecular weight excluding hydrogens is 194 g/mol. The van der Waals surface area contributed by atoms with E-state index in [9.17, 15) is 0 Å². The van der Waals surface area contributed by atoms with Gasteiger partial charge in [-0.1, -0.05) is 0 Å². The maximum absolute atomic E-state index is 5.36. The quantitative estimate of drug-likeness (QED) is 0.564. The monoisotopic (exact) mass is 209 g/mol. The van der Waals surface area contributed by atoms with Crippen LogP contribution in [0.15, 0.2) is 29.3 Å². The molecule has 0 N–H and O–H groups in total. The smallest absolute Gasteiger partial charge is 0.119 e. The number of ether oxygens (including phenoxy) is 1. The van der Waals surface area contributed by atoms with Crippen molar-refractivity contribution in [2.24, 2.45) is 4.99 Å². The van der Waals surface area contributed by atoms with Crippen molar-refractivity contribution in [1.29, 1.82) is 0 Å². The summed E-state index contributed by atoms with van der Waals surface area (Å²) in [4.78, 5) is 4.19. The minimum atomic E-state index is 0.705. The molecule has 0 radical (unpaired) electrons. The Kier molecular flexibility index (Phi) is 4.53. The largest absolute Gasteiger partial charge is 0.494 e. The Morgan fingerprint density at radius 3 is 2.43 bits per heavy atom. The molecule has 3 heteroatoms. The molecule has 0 spiro atoms. The van der Waals surface area contributed by atoms with Gasteiger partial charge >= 0.3 is 0 Å². The van der Waals surface area contributed by atoms with E-state index < -0.39 is 0 Å². The van der Waals surface area contributed by atoms with E-state index in [2.05, 4.69) is 4.99 Å². The molecule has 0 aliphatic heterocycles. The van der Waals surface area contributed by atoms with E-state index in [-0.39, 0.29) is 0 Å². The van der Waals surface area contributed by atoms with Crippen molar-refractivity contribution in [1.82, 2.24) is 0 Å². The van der Waals surface area contributed by atoms with Gasteiger partial charge in [0.15, 0.2) is 0 Å². The zero-order valence-corrected chi connectivity index (χ0v) is 9.60. The van der Waals surface area contributed by atoms with E-state index >= 15 is 0 Å². The summed E-state index contributed by atoms with van der Waals surface area (Å²) in [5, 5.41) is 1.05. The zero-order valence-electron chi connectivity index (χ0n) is 8.78. The van der Waals surface area contributed by atoms with Crippen molar-refractivity contribution in [3.8, 4) is 5.75 Å². The van der Waals surface area contributed by atoms with E-state index in [0.717, 1.165) is 16.4 Å². The Bertz CT molecular complexity index is 306. The van der Waals surface area contributed by atoms with Gasteiger partial charge in [0.2, 0.25) is 0 Å². The second-order valence-corrected chi connectivity index (χ2v) is 3.49. The lowest BCUT2D eigenvalue weighted by Crippen LogP contribution is -1.95. The van der Waals surface area contributed by atoms with Gasteiger partial charge < -0.3 is 4.74 Å². The van der Waals surface area contributed by atoms with E-state index in [1.807, 2.05) is 44.5 Å². The molecule has 0 saturated carbocycles. The molecule has 0 heterocycles. The maximum atomic E-state index is 5.36. The molecule has 0 aliphatic rings. The molecule has 1 rings (SSSR count). The molecule has 0 saturated heterocycles. The number of aliphatic imine (C=N–C) groups is 1. The first-order valence-corrected chi connectivity index (χ1v) is 5.78. The normalized spacial score (nSPS) is 11.5. The summed E-state index contributed by atoms with van der Waals surface area (Å²) in [7, 11) is 1.81. The Morgan fingerprint density at radius 2 is 2.00 bits per heavy atom. The Balaban J connectivity index is 2.82. The number of hydrogen-bond acceptors (Lipinski definition) is 3. The minimum absolute atomic E-state index is 0.705. The average Bonchev–Trinajstić information content (AvgIpc) is 2.23. The number of rotatable bonds is 3. The van der Waals surface area contributed by atoms with Crippen LogP contribution < -0.4 is 4.74 Å². The summed E-state index contributed by atoms with van der Waals surface area (Å²) in [6, 6.07) is 8.01. The van der Waals surface area contributed by atoms with Gasteiger partial charge in [-0.3, -0.25) is 4.99 Å². The third-order valence-electron chi connectivity index (χ3n) is 1.81. The van der Waals surface area contributed by atoms with Gasteiger partial charge in [-0.25, -0.2) is 0 Å². The average molecular weight is 209 g/mol. The van der Waals surface area contributed by atoms with Gasteiger partial charge in [-0.2, -0.15) is 0 Å². The predicted molar refractivity (Wildman–Crippen MR) is 63.6 cm³/mol. The second-order valence-electron chi connectivity index (χ2n) is 2.69. The molecule has 0 amide bonds. The lowest BCUT2D eigenvalue weighted by molar-refractivity contribution is 0.340. The highest BCUT2D eigenvalue weighted by molar-refractivity contribution is 8.13. The molecule has 14 heavy (non-hydrogen) atoms. The first-order chi connectivity index (χ1) is 6.81. The molecular formula is C11H15NOS. The molecule has 1 aromatic rings. The van der Waals surface area contributed by atoms with E-state index in [1.54, 1.807) is 11.8 Å². The highest BCUT2D eigenvalue weighted by atomic mass is 32.2. The fourth-order valence-electron chi connectivity index (χ4n) is 1.20. The van der Waals surface area contributed by atoms with Crippen LogP contribution in [-0.4, -0.2) is 25.0 Å². The standard InChI is InChI=1S/C11H15NOS/c1-4-13-10-7-5-9(6-8-10)11(12-2)14-3/h5-8H,4H2,1-3H3. The number of thioether (sulfide) groups is 1. The van der Waals surface area contributed by atoms with Gasteiger partial charge in [0.25, 0.3) is 0 Å². The number of benzene rings is 1. The molecule has 76 valence electrons. The third kappa shape index (κ3) is 2.77. The zero-order chi connectivity index (χ0) is 10.4. The van der Waals surface area contributed by atoms with Crippen LogP contribution >= 0.6 is 11.8 Å². The minimum Gasteiger partial charge on any atom is -0.494 e. The maximum Gasteiger partial charge on any atom is 0.119 e. The van der Waals surface area contributed by atoms with Crippen LogP contribution in [0.25, 0.3) is 0 Å². The summed E-state index contributed by atoms with van der Waals surface area (Å²) >= 11 is 1.65. The van der Waals surface area contributed by atoms with Crippen molar-refractivity contribution in [2.45, 2.75) is 6.92 Å². The Morgan fingerprint density at radius 1 is 1.36 bits per heavy atom. The van der Waals surface area contributed by atoms with Crippen LogP contribution in [0.2, 0.25) is 0 Å². The van der Waals surface area contributed by atoms with Crippen LogP contribution in [0.1, 0.15) is 12.5 Å². The van der Waals surface area contributed by atoms with Crippen molar-refractivity contribution >= 4 is 16.8 Å². The van der Waals surface area contributed by atoms with Gasteiger partial charge in [-0.05, 0) is 37.4 Å². The first-order valence-electron chi connectivity index (χ1n) is 4.55. The van der Waals surface area contributed by atoms with Gasteiger partial charge in [0.1, 0.15) is 5.75 Å². The lowest BCUT2D eigenvalue weighted by atomic mass is 10.2. The lowest BCUT2D eigenvalue weighted by Gasteiger charge is -2.05. The fourth-order valence-corrected chi connectivity index (χ4v) is 1.75. The molecule has 0 aromatic heterocycles. The molecule has 0 aliphatic carbocycles. The van der Waals surface area contributed by atoms with E-state index in [4.69, 9.17) is 4.74 Å². The van der Waals surface area contributed by atoms with Crippen LogP contribution in [0.3, 0.4) is 0 Å². The van der Waals surface area contributed by atoms with Gasteiger partial charge in [0, 0.05) is 12.6 Å². The summed E-state index contributed by atoms with van der Waals surface area (Å²) < 4.78 is 5.36. The van der Waals surface area contributed by atoms with Crippen molar-refractivity contribution in [3.05, 3.63) is 29.8 Å². The number of nitrogens with zero attached hydrogens (tertiary/aromatic N) is 1. The van der Waals surface area contributed by atoms with Crippen LogP contribution in [-0.2, 0) is 0 Å². The van der Waals surface area contributed by atoms with Crippen molar-refractivity contribution < 1.29 is 4.74 Å². The third-order valence-corrected chi connectivity index (χ3v) is 2.61. The second kappa shape index (κ2) is 5.70. The van der Waals surface area contributed by atoms with Gasteiger partial charge in [-0.15, -0.1) is 11.8 Å². The first kappa shape index (κ1) is 11.1. The van der Waals surface area contributed by atoms with Crippen LogP contribution in [0.5, 0.6) is 5.75 Å². The molecule has 0 fully saturated rings. The van der Waals surface area contributed by atoms with Gasteiger partial charge in [0.05, 0.1) is 11.7 Å². The summed E-state index contributed by atoms with van der Waals surface area (Å²) in [5.74, 6) is 0.910. The highest BCUT2D eigenvalue weighted by Gasteiger charge is 2.00. The summed E-state index contributed by atoms with van der Waals surface area (Å²) in [5.41, 5.74) is 1.14. The highest BCUT2D eigenvalue weighted by Crippen LogP contribution is 2.16.